The number of carbonyl (C=O) groups is 1. The highest BCUT2D eigenvalue weighted by molar-refractivity contribution is 5.93. The molecule has 29 heavy (non-hydrogen) atoms. The van der Waals surface area contributed by atoms with Crippen molar-refractivity contribution in [1.82, 2.24) is 9.88 Å². The summed E-state index contributed by atoms with van der Waals surface area (Å²) in [5.41, 5.74) is 3.43. The average Bonchev–Trinajstić information content (AvgIpc) is 3.12. The van der Waals surface area contributed by atoms with Gasteiger partial charge in [-0.2, -0.15) is 0 Å². The number of benzene rings is 2. The molecule has 3 heterocycles. The summed E-state index contributed by atoms with van der Waals surface area (Å²) in [5, 5.41) is 1.11. The van der Waals surface area contributed by atoms with Gasteiger partial charge in [-0.25, -0.2) is 4.39 Å². The van der Waals surface area contributed by atoms with E-state index in [1.165, 1.54) is 6.07 Å². The third-order valence-electron chi connectivity index (χ3n) is 5.66. The van der Waals surface area contributed by atoms with E-state index in [0.717, 1.165) is 22.2 Å². The minimum atomic E-state index is -0.564. The molecule has 0 spiro atoms. The normalized spacial score (nSPS) is 19.0. The lowest BCUT2D eigenvalue weighted by atomic mass is 9.91. The first-order valence-electron chi connectivity index (χ1n) is 9.76. The number of aromatic amines is 1. The number of hydrogen-bond acceptors (Lipinski definition) is 3. The second kappa shape index (κ2) is 6.95. The molecule has 0 saturated carbocycles. The van der Waals surface area contributed by atoms with Crippen molar-refractivity contribution in [2.45, 2.75) is 19.4 Å². The van der Waals surface area contributed by atoms with Gasteiger partial charge in [-0.1, -0.05) is 36.4 Å². The Kier molecular flexibility index (Phi) is 4.27. The van der Waals surface area contributed by atoms with Crippen LogP contribution in [0.15, 0.2) is 60.0 Å². The molecule has 0 radical (unpaired) electrons. The maximum absolute atomic E-state index is 14.9. The van der Waals surface area contributed by atoms with Crippen molar-refractivity contribution >= 4 is 16.8 Å². The van der Waals surface area contributed by atoms with Crippen LogP contribution in [0.25, 0.3) is 10.9 Å². The molecule has 1 atom stereocenters. The fourth-order valence-electron chi connectivity index (χ4n) is 4.33. The van der Waals surface area contributed by atoms with Crippen LogP contribution in [-0.2, 0) is 20.7 Å². The first kappa shape index (κ1) is 17.8. The Morgan fingerprint density at radius 3 is 2.69 bits per heavy atom. The van der Waals surface area contributed by atoms with Gasteiger partial charge in [0.25, 0.3) is 5.91 Å². The molecule has 2 aliphatic heterocycles. The Hall–Kier alpha value is -3.28. The standard InChI is InChI=1S/C23H21FN2O3/c1-14-22(29-13-12-28-14)23(27)26-11-10-16-15-6-3-5-9-19(15)25-20(16)21(26)17-7-2-4-8-18(17)24/h2-9,21,25H,10-13H2,1H3. The Bertz CT molecular complexity index is 1130. The zero-order valence-electron chi connectivity index (χ0n) is 16.1. The molecule has 2 aromatic carbocycles. The van der Waals surface area contributed by atoms with Crippen molar-refractivity contribution in [3.05, 3.63) is 82.7 Å². The number of allylic oxidation sites excluding steroid dienone is 1. The van der Waals surface area contributed by atoms with Crippen LogP contribution in [0.2, 0.25) is 0 Å². The van der Waals surface area contributed by atoms with Crippen LogP contribution in [0, 0.1) is 5.82 Å². The van der Waals surface area contributed by atoms with Gasteiger partial charge in [0.15, 0.2) is 0 Å². The van der Waals surface area contributed by atoms with Gasteiger partial charge >= 0.3 is 0 Å². The van der Waals surface area contributed by atoms with Crippen LogP contribution in [-0.4, -0.2) is 35.5 Å². The summed E-state index contributed by atoms with van der Waals surface area (Å²) in [6.07, 6.45) is 0.684. The molecule has 1 N–H and O–H groups in total. The third kappa shape index (κ3) is 2.87. The molecule has 2 aliphatic rings. The monoisotopic (exact) mass is 392 g/mol. The maximum atomic E-state index is 14.9. The minimum Gasteiger partial charge on any atom is -0.491 e. The number of halogens is 1. The molecule has 3 aromatic rings. The van der Waals surface area contributed by atoms with Gasteiger partial charge in [-0.05, 0) is 31.0 Å². The Labute approximate surface area is 167 Å². The first-order chi connectivity index (χ1) is 14.1. The van der Waals surface area contributed by atoms with E-state index in [2.05, 4.69) is 11.1 Å². The molecule has 6 heteroatoms. The number of aromatic nitrogens is 1. The van der Waals surface area contributed by atoms with Gasteiger partial charge in [-0.15, -0.1) is 0 Å². The van der Waals surface area contributed by atoms with Gasteiger partial charge in [0.1, 0.15) is 30.8 Å². The van der Waals surface area contributed by atoms with E-state index in [1.807, 2.05) is 18.2 Å². The van der Waals surface area contributed by atoms with Gasteiger partial charge in [0, 0.05) is 28.7 Å². The van der Waals surface area contributed by atoms with Crippen LogP contribution in [0.1, 0.15) is 29.8 Å². The summed E-state index contributed by atoms with van der Waals surface area (Å²) in [5.74, 6) is 0.0567. The lowest BCUT2D eigenvalue weighted by Crippen LogP contribution is -2.43. The number of rotatable bonds is 2. The van der Waals surface area contributed by atoms with Crippen molar-refractivity contribution in [2.24, 2.45) is 0 Å². The Morgan fingerprint density at radius 2 is 1.86 bits per heavy atom. The number of fused-ring (bicyclic) bond motifs is 3. The maximum Gasteiger partial charge on any atom is 0.293 e. The second-order valence-electron chi connectivity index (χ2n) is 7.32. The number of hydrogen-bond donors (Lipinski definition) is 1. The molecule has 5 rings (SSSR count). The van der Waals surface area contributed by atoms with Gasteiger partial charge < -0.3 is 19.4 Å². The number of nitrogens with zero attached hydrogens (tertiary/aromatic N) is 1. The van der Waals surface area contributed by atoms with Crippen LogP contribution in [0.5, 0.6) is 0 Å². The van der Waals surface area contributed by atoms with Gasteiger partial charge in [-0.3, -0.25) is 4.79 Å². The Balaban J connectivity index is 1.67. The number of H-pyrrole nitrogens is 1. The number of amides is 1. The summed E-state index contributed by atoms with van der Waals surface area (Å²) in [7, 11) is 0. The van der Waals surface area contributed by atoms with E-state index in [1.54, 1.807) is 30.0 Å². The highest BCUT2D eigenvalue weighted by atomic mass is 19.1. The molecule has 0 aliphatic carbocycles. The number of para-hydroxylation sites is 1. The quantitative estimate of drug-likeness (QED) is 0.716. The first-order valence-corrected chi connectivity index (χ1v) is 9.76. The zero-order valence-corrected chi connectivity index (χ0v) is 16.1. The van der Waals surface area contributed by atoms with Gasteiger partial charge in [0.05, 0.1) is 0 Å². The van der Waals surface area contributed by atoms with Crippen LogP contribution in [0.3, 0.4) is 0 Å². The predicted octanol–water partition coefficient (Wildman–Crippen LogP) is 4.06. The van der Waals surface area contributed by atoms with Gasteiger partial charge in [0.2, 0.25) is 5.76 Å². The van der Waals surface area contributed by atoms with Crippen LogP contribution < -0.4 is 0 Å². The SMILES string of the molecule is CC1=C(C(=O)N2CCc3c([nH]c4ccccc34)C2c2ccccc2F)OCCO1. The average molecular weight is 392 g/mol. The van der Waals surface area contributed by atoms with E-state index >= 15 is 0 Å². The van der Waals surface area contributed by atoms with E-state index in [4.69, 9.17) is 9.47 Å². The summed E-state index contributed by atoms with van der Waals surface area (Å²) < 4.78 is 26.0. The third-order valence-corrected chi connectivity index (χ3v) is 5.66. The largest absolute Gasteiger partial charge is 0.491 e. The number of nitrogens with one attached hydrogen (secondary N) is 1. The molecule has 0 saturated heterocycles. The fourth-order valence-corrected chi connectivity index (χ4v) is 4.33. The van der Waals surface area contributed by atoms with Crippen molar-refractivity contribution < 1.29 is 18.7 Å². The highest BCUT2D eigenvalue weighted by Gasteiger charge is 2.38. The molecule has 0 bridgehead atoms. The van der Waals surface area contributed by atoms with E-state index in [0.29, 0.717) is 37.5 Å². The molecule has 1 unspecified atom stereocenters. The van der Waals surface area contributed by atoms with E-state index in [9.17, 15) is 9.18 Å². The molecule has 148 valence electrons. The van der Waals surface area contributed by atoms with Crippen molar-refractivity contribution in [2.75, 3.05) is 19.8 Å². The van der Waals surface area contributed by atoms with E-state index in [-0.39, 0.29) is 17.5 Å². The lowest BCUT2D eigenvalue weighted by molar-refractivity contribution is -0.135. The zero-order chi connectivity index (χ0) is 20.0. The molecular weight excluding hydrogens is 371 g/mol. The Morgan fingerprint density at radius 1 is 1.10 bits per heavy atom. The number of ether oxygens (including phenoxy) is 2. The summed E-state index contributed by atoms with van der Waals surface area (Å²) >= 11 is 0. The van der Waals surface area contributed by atoms with Crippen LogP contribution in [0.4, 0.5) is 4.39 Å². The summed E-state index contributed by atoms with van der Waals surface area (Å²) in [6, 6.07) is 14.1. The topological polar surface area (TPSA) is 54.6 Å². The van der Waals surface area contributed by atoms with Crippen molar-refractivity contribution in [1.29, 1.82) is 0 Å². The second-order valence-corrected chi connectivity index (χ2v) is 7.32. The predicted molar refractivity (Wildman–Crippen MR) is 107 cm³/mol. The minimum absolute atomic E-state index is 0.206. The molecule has 1 amide bonds. The summed E-state index contributed by atoms with van der Waals surface area (Å²) in [6.45, 7) is 2.94. The number of carbonyl (C=O) groups excluding carboxylic acids is 1. The molecule has 1 aromatic heterocycles. The fraction of sp³-hybridized carbons (Fsp3) is 0.261. The van der Waals surface area contributed by atoms with Crippen LogP contribution >= 0.6 is 0 Å². The molecular formula is C23H21FN2O3. The lowest BCUT2D eigenvalue weighted by Gasteiger charge is -2.37. The highest BCUT2D eigenvalue weighted by Crippen LogP contribution is 2.40. The smallest absolute Gasteiger partial charge is 0.293 e. The molecule has 0 fully saturated rings. The molecule has 5 nitrogen and oxygen atoms in total. The van der Waals surface area contributed by atoms with Crippen molar-refractivity contribution in [3.8, 4) is 0 Å². The van der Waals surface area contributed by atoms with E-state index < -0.39 is 6.04 Å². The summed E-state index contributed by atoms with van der Waals surface area (Å²) in [4.78, 5) is 18.5. The van der Waals surface area contributed by atoms with Crippen molar-refractivity contribution in [3.63, 3.8) is 0 Å².